The van der Waals surface area contributed by atoms with E-state index < -0.39 is 10.0 Å². The highest BCUT2D eigenvalue weighted by Crippen LogP contribution is 2.16. The summed E-state index contributed by atoms with van der Waals surface area (Å²) in [5.41, 5.74) is 0.957. The molecule has 1 unspecified atom stereocenters. The minimum Gasteiger partial charge on any atom is -0.468 e. The Morgan fingerprint density at radius 2 is 1.95 bits per heavy atom. The van der Waals surface area contributed by atoms with E-state index in [1.807, 2.05) is 6.92 Å². The number of aliphatic hydroxyl groups is 1. The number of aliphatic hydroxyl groups excluding tert-OH is 1. The van der Waals surface area contributed by atoms with Crippen molar-refractivity contribution in [1.82, 2.24) is 10.0 Å². The summed E-state index contributed by atoms with van der Waals surface area (Å²) in [4.78, 5) is 0.206. The van der Waals surface area contributed by atoms with Crippen molar-refractivity contribution in [3.8, 4) is 0 Å². The van der Waals surface area contributed by atoms with Gasteiger partial charge >= 0.3 is 0 Å². The highest BCUT2D eigenvalue weighted by Gasteiger charge is 2.15. The fraction of sp³-hybridized carbons (Fsp3) is 0.333. The molecule has 120 valence electrons. The van der Waals surface area contributed by atoms with E-state index in [9.17, 15) is 8.42 Å². The summed E-state index contributed by atoms with van der Waals surface area (Å²) in [6, 6.07) is 10.1. The fourth-order valence-corrected chi connectivity index (χ4v) is 2.99. The molecule has 1 heterocycles. The molecule has 0 spiro atoms. The topological polar surface area (TPSA) is 91.6 Å². The Labute approximate surface area is 130 Å². The summed E-state index contributed by atoms with van der Waals surface area (Å²) in [7, 11) is -3.57. The smallest absolute Gasteiger partial charge is 0.240 e. The second kappa shape index (κ2) is 7.55. The molecule has 22 heavy (non-hydrogen) atoms. The van der Waals surface area contributed by atoms with Gasteiger partial charge in [0.25, 0.3) is 0 Å². The molecule has 1 aromatic carbocycles. The third kappa shape index (κ3) is 4.41. The van der Waals surface area contributed by atoms with Crippen LogP contribution in [0.25, 0.3) is 0 Å². The molecular weight excluding hydrogens is 304 g/mol. The number of rotatable bonds is 8. The van der Waals surface area contributed by atoms with Crippen LogP contribution < -0.4 is 10.0 Å². The third-order valence-corrected chi connectivity index (χ3v) is 4.69. The average Bonchev–Trinajstić information content (AvgIpc) is 3.04. The molecule has 7 heteroatoms. The molecule has 2 rings (SSSR count). The second-order valence-electron chi connectivity index (χ2n) is 4.87. The molecule has 0 bridgehead atoms. The van der Waals surface area contributed by atoms with E-state index in [1.54, 1.807) is 36.4 Å². The molecule has 3 N–H and O–H groups in total. The van der Waals surface area contributed by atoms with Crippen molar-refractivity contribution in [3.05, 3.63) is 54.0 Å². The fourth-order valence-electron chi connectivity index (χ4n) is 2.00. The quantitative estimate of drug-likeness (QED) is 0.683. The molecule has 0 fully saturated rings. The van der Waals surface area contributed by atoms with E-state index in [-0.39, 0.29) is 24.1 Å². The molecular formula is C15H20N2O4S. The van der Waals surface area contributed by atoms with Gasteiger partial charge in [-0.05, 0) is 36.8 Å². The number of sulfonamides is 1. The zero-order chi connectivity index (χ0) is 16.0. The summed E-state index contributed by atoms with van der Waals surface area (Å²) in [5.74, 6) is 0.557. The van der Waals surface area contributed by atoms with E-state index in [4.69, 9.17) is 9.52 Å². The van der Waals surface area contributed by atoms with E-state index in [2.05, 4.69) is 10.0 Å². The molecule has 0 saturated carbocycles. The first-order valence-electron chi connectivity index (χ1n) is 6.99. The Balaban J connectivity index is 2.02. The summed E-state index contributed by atoms with van der Waals surface area (Å²) in [6.07, 6.45) is 1.50. The molecule has 2 aromatic rings. The molecule has 0 aliphatic carbocycles. The minimum atomic E-state index is -3.57. The van der Waals surface area contributed by atoms with Crippen molar-refractivity contribution in [2.24, 2.45) is 0 Å². The number of hydrogen-bond donors (Lipinski definition) is 3. The van der Waals surface area contributed by atoms with Gasteiger partial charge in [0.1, 0.15) is 5.76 Å². The lowest BCUT2D eigenvalue weighted by Gasteiger charge is -2.14. The number of hydrogen-bond acceptors (Lipinski definition) is 5. The molecule has 0 aliphatic heterocycles. The molecule has 1 atom stereocenters. The van der Waals surface area contributed by atoms with Crippen molar-refractivity contribution in [2.45, 2.75) is 24.4 Å². The van der Waals surface area contributed by atoms with Gasteiger partial charge in [-0.15, -0.1) is 0 Å². The van der Waals surface area contributed by atoms with Crippen molar-refractivity contribution < 1.29 is 17.9 Å². The predicted octanol–water partition coefficient (Wildman–Crippen LogP) is 1.40. The van der Waals surface area contributed by atoms with Crippen molar-refractivity contribution in [2.75, 3.05) is 13.2 Å². The van der Waals surface area contributed by atoms with Crippen LogP contribution in [-0.2, 0) is 16.6 Å². The van der Waals surface area contributed by atoms with Crippen LogP contribution in [0.4, 0.5) is 0 Å². The van der Waals surface area contributed by atoms with E-state index >= 15 is 0 Å². The van der Waals surface area contributed by atoms with Crippen LogP contribution in [0.15, 0.2) is 52.0 Å². The van der Waals surface area contributed by atoms with Crippen molar-refractivity contribution >= 4 is 10.0 Å². The Hall–Kier alpha value is -1.67. The summed E-state index contributed by atoms with van der Waals surface area (Å²) >= 11 is 0. The Kier molecular flexibility index (Phi) is 5.73. The van der Waals surface area contributed by atoms with Crippen LogP contribution in [0, 0.1) is 0 Å². The Bertz CT molecular complexity index is 666. The third-order valence-electron chi connectivity index (χ3n) is 3.27. The van der Waals surface area contributed by atoms with Crippen LogP contribution in [0.5, 0.6) is 0 Å². The maximum Gasteiger partial charge on any atom is 0.240 e. The van der Waals surface area contributed by atoms with Crippen LogP contribution >= 0.6 is 0 Å². The van der Waals surface area contributed by atoms with E-state index in [0.717, 1.165) is 5.56 Å². The summed E-state index contributed by atoms with van der Waals surface area (Å²) < 4.78 is 31.9. The average molecular weight is 324 g/mol. The SMILES string of the molecule is CC(NCCO)c1ccc(S(=O)(=O)NCc2ccco2)cc1. The lowest BCUT2D eigenvalue weighted by molar-refractivity contribution is 0.286. The molecule has 0 amide bonds. The summed E-state index contributed by atoms with van der Waals surface area (Å²) in [5, 5.41) is 11.9. The van der Waals surface area contributed by atoms with Crippen LogP contribution in [0.3, 0.4) is 0 Å². The van der Waals surface area contributed by atoms with Gasteiger partial charge in [-0.3, -0.25) is 0 Å². The van der Waals surface area contributed by atoms with Gasteiger partial charge in [0.2, 0.25) is 10.0 Å². The van der Waals surface area contributed by atoms with Crippen molar-refractivity contribution in [1.29, 1.82) is 0 Å². The highest BCUT2D eigenvalue weighted by molar-refractivity contribution is 7.89. The van der Waals surface area contributed by atoms with Crippen LogP contribution in [0.1, 0.15) is 24.3 Å². The lowest BCUT2D eigenvalue weighted by Crippen LogP contribution is -2.24. The van der Waals surface area contributed by atoms with Gasteiger partial charge in [0.05, 0.1) is 24.3 Å². The second-order valence-corrected chi connectivity index (χ2v) is 6.64. The van der Waals surface area contributed by atoms with Gasteiger partial charge < -0.3 is 14.8 Å². The van der Waals surface area contributed by atoms with Crippen LogP contribution in [0.2, 0.25) is 0 Å². The largest absolute Gasteiger partial charge is 0.468 e. The van der Waals surface area contributed by atoms with Crippen LogP contribution in [-0.4, -0.2) is 26.7 Å². The zero-order valence-electron chi connectivity index (χ0n) is 12.3. The molecule has 0 radical (unpaired) electrons. The predicted molar refractivity (Wildman–Crippen MR) is 82.7 cm³/mol. The van der Waals surface area contributed by atoms with Crippen molar-refractivity contribution in [3.63, 3.8) is 0 Å². The van der Waals surface area contributed by atoms with E-state index in [1.165, 1.54) is 6.26 Å². The Morgan fingerprint density at radius 1 is 1.23 bits per heavy atom. The minimum absolute atomic E-state index is 0.0417. The first-order valence-corrected chi connectivity index (χ1v) is 8.47. The molecule has 1 aromatic heterocycles. The summed E-state index contributed by atoms with van der Waals surface area (Å²) in [6.45, 7) is 2.62. The first-order chi connectivity index (χ1) is 10.5. The highest BCUT2D eigenvalue weighted by atomic mass is 32.2. The zero-order valence-corrected chi connectivity index (χ0v) is 13.1. The standard InChI is InChI=1S/C15H20N2O4S/c1-12(16-8-9-18)13-4-6-15(7-5-13)22(19,20)17-11-14-3-2-10-21-14/h2-7,10,12,16-18H,8-9,11H2,1H3. The Morgan fingerprint density at radius 3 is 2.55 bits per heavy atom. The maximum atomic E-state index is 12.2. The van der Waals surface area contributed by atoms with Gasteiger partial charge in [-0.1, -0.05) is 12.1 Å². The van der Waals surface area contributed by atoms with Gasteiger partial charge in [-0.2, -0.15) is 0 Å². The molecule has 6 nitrogen and oxygen atoms in total. The van der Waals surface area contributed by atoms with E-state index in [0.29, 0.717) is 12.3 Å². The first kappa shape index (κ1) is 16.7. The maximum absolute atomic E-state index is 12.2. The number of nitrogens with one attached hydrogen (secondary N) is 2. The number of benzene rings is 1. The number of furan rings is 1. The van der Waals surface area contributed by atoms with Gasteiger partial charge in [0, 0.05) is 12.6 Å². The normalized spacial score (nSPS) is 13.2. The molecule has 0 aliphatic rings. The monoisotopic (exact) mass is 324 g/mol. The van der Waals surface area contributed by atoms with Gasteiger partial charge in [-0.25, -0.2) is 13.1 Å². The molecule has 0 saturated heterocycles. The lowest BCUT2D eigenvalue weighted by atomic mass is 10.1. The van der Waals surface area contributed by atoms with Gasteiger partial charge in [0.15, 0.2) is 0 Å².